The molecule has 0 bridgehead atoms. The van der Waals surface area contributed by atoms with Crippen LogP contribution in [0, 0.1) is 6.92 Å². The number of halogens is 1. The molecular weight excluding hydrogens is 326 g/mol. The molecule has 0 atom stereocenters. The fourth-order valence-corrected chi connectivity index (χ4v) is 2.99. The number of hydrogen-bond acceptors (Lipinski definition) is 3. The molecule has 110 valence electrons. The first kappa shape index (κ1) is 14.5. The smallest absolute Gasteiger partial charge is 0.162 e. The number of nitrogens with one attached hydrogen (secondary N) is 1. The van der Waals surface area contributed by atoms with Gasteiger partial charge in [-0.15, -0.1) is 0 Å². The van der Waals surface area contributed by atoms with E-state index < -0.39 is 0 Å². The predicted molar refractivity (Wildman–Crippen MR) is 90.7 cm³/mol. The molecule has 0 saturated heterocycles. The van der Waals surface area contributed by atoms with Crippen LogP contribution in [0.3, 0.4) is 0 Å². The van der Waals surface area contributed by atoms with Gasteiger partial charge in [-0.05, 0) is 43.9 Å². The molecule has 1 fully saturated rings. The van der Waals surface area contributed by atoms with Crippen molar-refractivity contribution in [1.29, 1.82) is 0 Å². The normalized spacial score (nSPS) is 14.2. The molecule has 0 amide bonds. The summed E-state index contributed by atoms with van der Waals surface area (Å²) in [6, 6.07) is 8.42. The van der Waals surface area contributed by atoms with Crippen molar-refractivity contribution in [3.8, 4) is 11.4 Å². The van der Waals surface area contributed by atoms with Crippen molar-refractivity contribution < 1.29 is 0 Å². The fraction of sp³-hybridized carbons (Fsp3) is 0.412. The molecule has 21 heavy (non-hydrogen) atoms. The summed E-state index contributed by atoms with van der Waals surface area (Å²) < 4.78 is 1.05. The van der Waals surface area contributed by atoms with Gasteiger partial charge in [-0.1, -0.05) is 28.9 Å². The van der Waals surface area contributed by atoms with E-state index in [2.05, 4.69) is 64.3 Å². The minimum atomic E-state index is 0.623. The van der Waals surface area contributed by atoms with Gasteiger partial charge in [0.15, 0.2) is 5.82 Å². The maximum Gasteiger partial charge on any atom is 0.162 e. The third-order valence-corrected chi connectivity index (χ3v) is 4.32. The van der Waals surface area contributed by atoms with Crippen LogP contribution < -0.4 is 5.32 Å². The molecule has 1 heterocycles. The fourth-order valence-electron chi connectivity index (χ4n) is 2.32. The van der Waals surface area contributed by atoms with Crippen LogP contribution in [-0.2, 0) is 0 Å². The lowest BCUT2D eigenvalue weighted by Crippen LogP contribution is -2.05. The monoisotopic (exact) mass is 345 g/mol. The number of aromatic nitrogens is 2. The van der Waals surface area contributed by atoms with Gasteiger partial charge in [-0.25, -0.2) is 9.97 Å². The Hall–Kier alpha value is -1.42. The third kappa shape index (κ3) is 3.43. The number of rotatable bonds is 5. The van der Waals surface area contributed by atoms with Crippen LogP contribution in [0.2, 0.25) is 0 Å². The summed E-state index contributed by atoms with van der Waals surface area (Å²) in [5, 5.41) is 3.39. The second-order valence-electron chi connectivity index (χ2n) is 5.69. The highest BCUT2D eigenvalue weighted by atomic mass is 79.9. The summed E-state index contributed by atoms with van der Waals surface area (Å²) in [6.45, 7) is 5.19. The van der Waals surface area contributed by atoms with Crippen molar-refractivity contribution in [2.75, 3.05) is 11.9 Å². The van der Waals surface area contributed by atoms with E-state index in [-0.39, 0.29) is 0 Å². The van der Waals surface area contributed by atoms with Crippen molar-refractivity contribution in [1.82, 2.24) is 9.97 Å². The standard InChI is InChI=1S/C17H20BrN3/c1-3-8-19-16-10-15(12-5-6-12)20-17(21-16)13-7-4-11(2)9-14(13)18/h4,7,9-10,12H,3,5-6,8H2,1-2H3,(H,19,20,21). The lowest BCUT2D eigenvalue weighted by Gasteiger charge is -2.10. The summed E-state index contributed by atoms with van der Waals surface area (Å²) in [7, 11) is 0. The highest BCUT2D eigenvalue weighted by Crippen LogP contribution is 2.40. The van der Waals surface area contributed by atoms with Crippen molar-refractivity contribution in [2.45, 2.75) is 39.0 Å². The van der Waals surface area contributed by atoms with E-state index >= 15 is 0 Å². The van der Waals surface area contributed by atoms with Crippen LogP contribution in [-0.4, -0.2) is 16.5 Å². The lowest BCUT2D eigenvalue weighted by molar-refractivity contribution is 0.948. The zero-order valence-corrected chi connectivity index (χ0v) is 14.1. The van der Waals surface area contributed by atoms with Crippen LogP contribution >= 0.6 is 15.9 Å². The summed E-state index contributed by atoms with van der Waals surface area (Å²) >= 11 is 3.64. The van der Waals surface area contributed by atoms with Gasteiger partial charge in [0, 0.05) is 34.3 Å². The highest BCUT2D eigenvalue weighted by Gasteiger charge is 2.26. The molecule has 3 rings (SSSR count). The minimum Gasteiger partial charge on any atom is -0.370 e. The third-order valence-electron chi connectivity index (χ3n) is 3.66. The summed E-state index contributed by atoms with van der Waals surface area (Å²) in [4.78, 5) is 9.47. The van der Waals surface area contributed by atoms with Crippen LogP contribution in [0.5, 0.6) is 0 Å². The lowest BCUT2D eigenvalue weighted by atomic mass is 10.1. The van der Waals surface area contributed by atoms with Crippen LogP contribution in [0.15, 0.2) is 28.7 Å². The van der Waals surface area contributed by atoms with Gasteiger partial charge in [0.05, 0.1) is 0 Å². The maximum atomic E-state index is 4.78. The molecule has 4 heteroatoms. The van der Waals surface area contributed by atoms with Crippen LogP contribution in [0.4, 0.5) is 5.82 Å². The number of anilines is 1. The summed E-state index contributed by atoms with van der Waals surface area (Å²) in [6.07, 6.45) is 3.59. The quantitative estimate of drug-likeness (QED) is 0.836. The summed E-state index contributed by atoms with van der Waals surface area (Å²) in [5.41, 5.74) is 3.46. The molecule has 0 aliphatic heterocycles. The second kappa shape index (κ2) is 6.14. The Bertz CT molecular complexity index is 650. The van der Waals surface area contributed by atoms with Gasteiger partial charge >= 0.3 is 0 Å². The molecular formula is C17H20BrN3. The van der Waals surface area contributed by atoms with Gasteiger partial charge in [0.2, 0.25) is 0 Å². The molecule has 2 aromatic rings. The van der Waals surface area contributed by atoms with E-state index in [9.17, 15) is 0 Å². The average molecular weight is 346 g/mol. The molecule has 1 N–H and O–H groups in total. The molecule has 0 spiro atoms. The van der Waals surface area contributed by atoms with Gasteiger partial charge in [0.25, 0.3) is 0 Å². The van der Waals surface area contributed by atoms with E-state index in [0.29, 0.717) is 5.92 Å². The Morgan fingerprint density at radius 3 is 2.71 bits per heavy atom. The number of benzene rings is 1. The SMILES string of the molecule is CCCNc1cc(C2CC2)nc(-c2ccc(C)cc2Br)n1. The van der Waals surface area contributed by atoms with E-state index in [1.807, 2.05) is 0 Å². The van der Waals surface area contributed by atoms with Gasteiger partial charge in [-0.2, -0.15) is 0 Å². The largest absolute Gasteiger partial charge is 0.370 e. The van der Waals surface area contributed by atoms with Gasteiger partial charge < -0.3 is 5.32 Å². The molecule has 0 unspecified atom stereocenters. The van der Waals surface area contributed by atoms with E-state index in [1.54, 1.807) is 0 Å². The Kier molecular flexibility index (Phi) is 4.24. The first-order chi connectivity index (χ1) is 10.2. The van der Waals surface area contributed by atoms with Crippen molar-refractivity contribution in [3.63, 3.8) is 0 Å². The Labute approximate surface area is 134 Å². The molecule has 3 nitrogen and oxygen atoms in total. The molecule has 1 aliphatic carbocycles. The van der Waals surface area contributed by atoms with Crippen LogP contribution in [0.25, 0.3) is 11.4 Å². The second-order valence-corrected chi connectivity index (χ2v) is 6.54. The Balaban J connectivity index is 2.01. The first-order valence-electron chi connectivity index (χ1n) is 7.56. The predicted octanol–water partition coefficient (Wildman–Crippen LogP) is 4.91. The number of hydrogen-bond donors (Lipinski definition) is 1. The molecule has 1 aromatic carbocycles. The Morgan fingerprint density at radius 2 is 2.05 bits per heavy atom. The average Bonchev–Trinajstić information content (AvgIpc) is 3.29. The Morgan fingerprint density at radius 1 is 1.24 bits per heavy atom. The van der Waals surface area contributed by atoms with E-state index in [1.165, 1.54) is 24.1 Å². The first-order valence-corrected chi connectivity index (χ1v) is 8.36. The molecule has 1 aliphatic rings. The number of aryl methyl sites for hydroxylation is 1. The van der Waals surface area contributed by atoms with Gasteiger partial charge in [-0.3, -0.25) is 0 Å². The summed E-state index contributed by atoms with van der Waals surface area (Å²) in [5.74, 6) is 2.37. The maximum absolute atomic E-state index is 4.78. The minimum absolute atomic E-state index is 0.623. The van der Waals surface area contributed by atoms with E-state index in [4.69, 9.17) is 4.98 Å². The van der Waals surface area contributed by atoms with Gasteiger partial charge in [0.1, 0.15) is 5.82 Å². The zero-order valence-electron chi connectivity index (χ0n) is 12.5. The topological polar surface area (TPSA) is 37.8 Å². The molecule has 1 saturated carbocycles. The molecule has 0 radical (unpaired) electrons. The van der Waals surface area contributed by atoms with Crippen molar-refractivity contribution >= 4 is 21.7 Å². The van der Waals surface area contributed by atoms with Crippen molar-refractivity contribution in [3.05, 3.63) is 40.0 Å². The van der Waals surface area contributed by atoms with E-state index in [0.717, 1.165) is 34.6 Å². The zero-order chi connectivity index (χ0) is 14.8. The van der Waals surface area contributed by atoms with Crippen LogP contribution in [0.1, 0.15) is 43.4 Å². The van der Waals surface area contributed by atoms with Crippen molar-refractivity contribution in [2.24, 2.45) is 0 Å². The highest BCUT2D eigenvalue weighted by molar-refractivity contribution is 9.10. The number of nitrogens with zero attached hydrogens (tertiary/aromatic N) is 2. The molecule has 1 aromatic heterocycles.